The van der Waals surface area contributed by atoms with Gasteiger partial charge in [0.2, 0.25) is 0 Å². The van der Waals surface area contributed by atoms with E-state index in [9.17, 15) is 13.6 Å². The number of ether oxygens (including phenoxy) is 1. The molecule has 3 nitrogen and oxygen atoms in total. The predicted octanol–water partition coefficient (Wildman–Crippen LogP) is 4.33. The van der Waals surface area contributed by atoms with Gasteiger partial charge in [-0.1, -0.05) is 30.3 Å². The molecular formula is C22H23F2NO2. The highest BCUT2D eigenvalue weighted by Crippen LogP contribution is 2.35. The van der Waals surface area contributed by atoms with Gasteiger partial charge in [-0.2, -0.15) is 0 Å². The first-order valence-corrected chi connectivity index (χ1v) is 9.52. The molecule has 0 saturated carbocycles. The van der Waals surface area contributed by atoms with Crippen LogP contribution >= 0.6 is 0 Å². The number of fused-ring (bicyclic) bond motifs is 3. The lowest BCUT2D eigenvalue weighted by atomic mass is 9.77. The van der Waals surface area contributed by atoms with Gasteiger partial charge in [-0.05, 0) is 61.5 Å². The topological polar surface area (TPSA) is 29.5 Å². The maximum Gasteiger partial charge on any atom is 0.307 e. The van der Waals surface area contributed by atoms with Crippen molar-refractivity contribution in [3.63, 3.8) is 0 Å². The van der Waals surface area contributed by atoms with Gasteiger partial charge in [0, 0.05) is 18.5 Å². The number of hydrogen-bond donors (Lipinski definition) is 0. The monoisotopic (exact) mass is 371 g/mol. The van der Waals surface area contributed by atoms with Crippen LogP contribution in [0.25, 0.3) is 0 Å². The van der Waals surface area contributed by atoms with Crippen LogP contribution in [0.5, 0.6) is 0 Å². The molecule has 0 spiro atoms. The Morgan fingerprint density at radius 2 is 1.78 bits per heavy atom. The van der Waals surface area contributed by atoms with Gasteiger partial charge < -0.3 is 9.64 Å². The van der Waals surface area contributed by atoms with Gasteiger partial charge in [-0.3, -0.25) is 4.79 Å². The summed E-state index contributed by atoms with van der Waals surface area (Å²) < 4.78 is 33.4. The first kappa shape index (κ1) is 18.1. The first-order valence-electron chi connectivity index (χ1n) is 9.52. The van der Waals surface area contributed by atoms with Gasteiger partial charge in [-0.15, -0.1) is 0 Å². The maximum absolute atomic E-state index is 14.4. The summed E-state index contributed by atoms with van der Waals surface area (Å²) in [7, 11) is 0. The summed E-state index contributed by atoms with van der Waals surface area (Å²) in [6.07, 6.45) is 1.73. The highest BCUT2D eigenvalue weighted by atomic mass is 19.1. The molecule has 0 N–H and O–H groups in total. The largest absolute Gasteiger partial charge is 0.452 e. The van der Waals surface area contributed by atoms with E-state index in [0.717, 1.165) is 32.5 Å². The Morgan fingerprint density at radius 3 is 2.41 bits per heavy atom. The number of nitrogens with zero attached hydrogens (tertiary/aromatic N) is 1. The average molecular weight is 371 g/mol. The number of benzene rings is 2. The molecule has 27 heavy (non-hydrogen) atoms. The summed E-state index contributed by atoms with van der Waals surface area (Å²) >= 11 is 0. The van der Waals surface area contributed by atoms with E-state index in [2.05, 4.69) is 4.90 Å². The lowest BCUT2D eigenvalue weighted by Crippen LogP contribution is -2.48. The Bertz CT molecular complexity index is 800. The van der Waals surface area contributed by atoms with Crippen LogP contribution in [0.15, 0.2) is 48.5 Å². The van der Waals surface area contributed by atoms with E-state index >= 15 is 0 Å². The second kappa shape index (κ2) is 7.77. The zero-order valence-electron chi connectivity index (χ0n) is 15.1. The summed E-state index contributed by atoms with van der Waals surface area (Å²) in [5, 5.41) is 0. The molecule has 3 aliphatic heterocycles. The van der Waals surface area contributed by atoms with Crippen molar-refractivity contribution < 1.29 is 18.3 Å². The van der Waals surface area contributed by atoms with Gasteiger partial charge in [0.05, 0.1) is 0 Å². The number of carbonyl (C=O) groups excluding carboxylic acids is 1. The van der Waals surface area contributed by atoms with Gasteiger partial charge >= 0.3 is 5.97 Å². The van der Waals surface area contributed by atoms with Crippen LogP contribution in [0, 0.1) is 23.5 Å². The van der Waals surface area contributed by atoms with Crippen molar-refractivity contribution in [2.45, 2.75) is 25.4 Å². The maximum atomic E-state index is 14.4. The lowest BCUT2D eigenvalue weighted by Gasteiger charge is -2.44. The molecule has 2 aromatic rings. The number of rotatable bonds is 5. The summed E-state index contributed by atoms with van der Waals surface area (Å²) in [4.78, 5) is 15.1. The molecule has 0 amide bonds. The summed E-state index contributed by atoms with van der Waals surface area (Å²) in [6.45, 7) is 3.16. The standard InChI is InChI=1S/C22H23F2NO2/c23-18-7-5-16(6-8-18)22(19-3-1-2-4-20(19)24)27-21(26)13-17-14-25-11-9-15(17)10-12-25/h1-8,15,17,22H,9-14H2/t17-,22?/m0/s1. The molecule has 0 radical (unpaired) electrons. The van der Waals surface area contributed by atoms with Crippen LogP contribution in [0.4, 0.5) is 8.78 Å². The van der Waals surface area contributed by atoms with Gasteiger partial charge in [-0.25, -0.2) is 8.78 Å². The fourth-order valence-corrected chi connectivity index (χ4v) is 4.35. The highest BCUT2D eigenvalue weighted by Gasteiger charge is 2.36. The first-order chi connectivity index (χ1) is 13.1. The molecule has 5 rings (SSSR count). The van der Waals surface area contributed by atoms with E-state index in [0.29, 0.717) is 23.8 Å². The molecule has 0 aliphatic carbocycles. The molecule has 3 aliphatic rings. The van der Waals surface area contributed by atoms with Crippen molar-refractivity contribution in [1.29, 1.82) is 0 Å². The Hall–Kier alpha value is -2.27. The Morgan fingerprint density at radius 1 is 1.07 bits per heavy atom. The minimum Gasteiger partial charge on any atom is -0.452 e. The summed E-state index contributed by atoms with van der Waals surface area (Å²) in [5.74, 6) is -0.284. The number of hydrogen-bond acceptors (Lipinski definition) is 3. The third kappa shape index (κ3) is 4.03. The molecule has 1 unspecified atom stereocenters. The Balaban J connectivity index is 1.53. The normalized spacial score (nSPS) is 25.2. The molecule has 142 valence electrons. The predicted molar refractivity (Wildman–Crippen MR) is 98.0 cm³/mol. The quantitative estimate of drug-likeness (QED) is 0.733. The fourth-order valence-electron chi connectivity index (χ4n) is 4.35. The molecule has 2 bridgehead atoms. The second-order valence-electron chi connectivity index (χ2n) is 7.55. The van der Waals surface area contributed by atoms with Crippen LogP contribution in [0.2, 0.25) is 0 Å². The lowest BCUT2D eigenvalue weighted by molar-refractivity contribution is -0.150. The molecule has 2 aromatic carbocycles. The van der Waals surface area contributed by atoms with E-state index in [1.54, 1.807) is 18.2 Å². The summed E-state index contributed by atoms with van der Waals surface area (Å²) in [6, 6.07) is 11.9. The Kier molecular flexibility index (Phi) is 5.21. The van der Waals surface area contributed by atoms with Crippen LogP contribution < -0.4 is 0 Å². The van der Waals surface area contributed by atoms with Crippen molar-refractivity contribution in [2.24, 2.45) is 11.8 Å². The van der Waals surface area contributed by atoms with Gasteiger partial charge in [0.15, 0.2) is 6.10 Å². The van der Waals surface area contributed by atoms with Crippen LogP contribution in [-0.4, -0.2) is 30.5 Å². The minimum absolute atomic E-state index is 0.284. The molecular weight excluding hydrogens is 348 g/mol. The molecule has 2 atom stereocenters. The smallest absolute Gasteiger partial charge is 0.307 e. The fraction of sp³-hybridized carbons (Fsp3) is 0.409. The van der Waals surface area contributed by atoms with Crippen LogP contribution in [-0.2, 0) is 9.53 Å². The average Bonchev–Trinajstić information content (AvgIpc) is 2.68. The number of halogens is 2. The Labute approximate surface area is 157 Å². The molecule has 3 saturated heterocycles. The molecule has 3 heterocycles. The van der Waals surface area contributed by atoms with E-state index in [1.807, 2.05) is 0 Å². The van der Waals surface area contributed by atoms with Gasteiger partial charge in [0.1, 0.15) is 11.6 Å². The zero-order chi connectivity index (χ0) is 18.8. The van der Waals surface area contributed by atoms with E-state index in [1.165, 1.54) is 30.3 Å². The van der Waals surface area contributed by atoms with E-state index in [-0.39, 0.29) is 17.3 Å². The zero-order valence-corrected chi connectivity index (χ0v) is 15.1. The molecule has 3 fully saturated rings. The van der Waals surface area contributed by atoms with Crippen molar-refractivity contribution in [3.05, 3.63) is 71.3 Å². The van der Waals surface area contributed by atoms with Gasteiger partial charge in [0.25, 0.3) is 0 Å². The number of carbonyl (C=O) groups is 1. The van der Waals surface area contributed by atoms with Crippen LogP contribution in [0.3, 0.4) is 0 Å². The van der Waals surface area contributed by atoms with Crippen molar-refractivity contribution in [1.82, 2.24) is 4.90 Å². The molecule has 5 heteroatoms. The second-order valence-corrected chi connectivity index (χ2v) is 7.55. The number of esters is 1. The number of piperidine rings is 3. The van der Waals surface area contributed by atoms with Crippen molar-refractivity contribution in [2.75, 3.05) is 19.6 Å². The van der Waals surface area contributed by atoms with E-state index < -0.39 is 11.9 Å². The molecule has 0 aromatic heterocycles. The SMILES string of the molecule is O=C(C[C@H]1CN2CCC1CC2)OC(c1ccc(F)cc1)c1ccccc1F. The summed E-state index contributed by atoms with van der Waals surface area (Å²) in [5.41, 5.74) is 0.843. The van der Waals surface area contributed by atoms with Crippen molar-refractivity contribution >= 4 is 5.97 Å². The van der Waals surface area contributed by atoms with Crippen LogP contribution in [0.1, 0.15) is 36.5 Å². The third-order valence-corrected chi connectivity index (χ3v) is 5.83. The van der Waals surface area contributed by atoms with E-state index in [4.69, 9.17) is 4.74 Å². The highest BCUT2D eigenvalue weighted by molar-refractivity contribution is 5.70. The van der Waals surface area contributed by atoms with Crippen molar-refractivity contribution in [3.8, 4) is 0 Å². The third-order valence-electron chi connectivity index (χ3n) is 5.83. The minimum atomic E-state index is -0.875.